The fourth-order valence-electron chi connectivity index (χ4n) is 3.61. The highest BCUT2D eigenvalue weighted by molar-refractivity contribution is 14.0. The molecule has 0 aromatic carbocycles. The second kappa shape index (κ2) is 12.7. The topological polar surface area (TPSA) is 61.8 Å². The van der Waals surface area contributed by atoms with E-state index >= 15 is 0 Å². The number of nitrogens with zero attached hydrogens (tertiary/aromatic N) is 3. The molecule has 2 N–H and O–H groups in total. The summed E-state index contributed by atoms with van der Waals surface area (Å²) >= 11 is 0. The molecule has 10 heteroatoms. The van der Waals surface area contributed by atoms with Crippen LogP contribution in [0.25, 0.3) is 0 Å². The van der Waals surface area contributed by atoms with Crippen molar-refractivity contribution in [1.29, 1.82) is 0 Å². The average molecular weight is 555 g/mol. The van der Waals surface area contributed by atoms with Gasteiger partial charge in [0, 0.05) is 32.4 Å². The Balaban J connectivity index is 0.00000341. The maximum Gasteiger partial charge on any atom is 0.401 e. The molecule has 0 unspecified atom stereocenters. The number of pyridine rings is 1. The largest absolute Gasteiger partial charge is 0.477 e. The van der Waals surface area contributed by atoms with E-state index < -0.39 is 12.7 Å². The van der Waals surface area contributed by atoms with E-state index in [2.05, 4.69) is 20.6 Å². The highest BCUT2D eigenvalue weighted by Crippen LogP contribution is 2.29. The summed E-state index contributed by atoms with van der Waals surface area (Å²) in [6, 6.07) is 3.89. The smallest absolute Gasteiger partial charge is 0.401 e. The van der Waals surface area contributed by atoms with Gasteiger partial charge in [-0.1, -0.05) is 0 Å². The van der Waals surface area contributed by atoms with Crippen LogP contribution in [0.3, 0.4) is 0 Å². The van der Waals surface area contributed by atoms with Gasteiger partial charge in [-0.15, -0.1) is 24.0 Å². The van der Waals surface area contributed by atoms with Gasteiger partial charge in [0.15, 0.2) is 5.96 Å². The SMILES string of the molecule is CN=C(NCCC1CCN(CC(F)(F)F)CC1)NCc1ccnc(OCC2CC2)c1.I. The van der Waals surface area contributed by atoms with Crippen molar-refractivity contribution in [3.05, 3.63) is 23.9 Å². The number of likely N-dealkylation sites (tertiary alicyclic amines) is 1. The van der Waals surface area contributed by atoms with Crippen LogP contribution in [0.2, 0.25) is 0 Å². The van der Waals surface area contributed by atoms with E-state index in [4.69, 9.17) is 4.74 Å². The van der Waals surface area contributed by atoms with E-state index in [-0.39, 0.29) is 24.0 Å². The third kappa shape index (κ3) is 10.2. The Labute approximate surface area is 199 Å². The minimum atomic E-state index is -4.11. The molecule has 2 fully saturated rings. The number of nitrogens with one attached hydrogen (secondary N) is 2. The van der Waals surface area contributed by atoms with Gasteiger partial charge in [-0.05, 0) is 68.7 Å². The zero-order valence-electron chi connectivity index (χ0n) is 18.0. The van der Waals surface area contributed by atoms with Crippen LogP contribution in [0.15, 0.2) is 23.3 Å². The van der Waals surface area contributed by atoms with Gasteiger partial charge < -0.3 is 15.4 Å². The number of guanidine groups is 1. The summed E-state index contributed by atoms with van der Waals surface area (Å²) in [4.78, 5) is 10.00. The van der Waals surface area contributed by atoms with Gasteiger partial charge in [0.1, 0.15) is 0 Å². The summed E-state index contributed by atoms with van der Waals surface area (Å²) < 4.78 is 43.1. The molecule has 2 heterocycles. The predicted octanol–water partition coefficient (Wildman–Crippen LogP) is 3.82. The Morgan fingerprint density at radius 1 is 1.19 bits per heavy atom. The minimum absolute atomic E-state index is 0. The van der Waals surface area contributed by atoms with E-state index in [1.54, 1.807) is 13.2 Å². The Kier molecular flexibility index (Phi) is 10.6. The zero-order valence-corrected chi connectivity index (χ0v) is 20.3. The van der Waals surface area contributed by atoms with E-state index in [1.165, 1.54) is 17.7 Å². The quantitative estimate of drug-likeness (QED) is 0.276. The molecular weight excluding hydrogens is 522 g/mol. The molecule has 176 valence electrons. The monoisotopic (exact) mass is 555 g/mol. The molecule has 31 heavy (non-hydrogen) atoms. The predicted molar refractivity (Wildman–Crippen MR) is 126 cm³/mol. The van der Waals surface area contributed by atoms with Gasteiger partial charge in [0.2, 0.25) is 5.88 Å². The molecule has 3 rings (SSSR count). The van der Waals surface area contributed by atoms with Crippen molar-refractivity contribution in [3.8, 4) is 5.88 Å². The summed E-state index contributed by atoms with van der Waals surface area (Å²) in [5, 5.41) is 6.58. The zero-order chi connectivity index (χ0) is 21.4. The summed E-state index contributed by atoms with van der Waals surface area (Å²) in [6.45, 7) is 2.33. The van der Waals surface area contributed by atoms with Crippen molar-refractivity contribution in [2.45, 2.75) is 44.8 Å². The molecule has 0 atom stereocenters. The fraction of sp³-hybridized carbons (Fsp3) is 0.714. The van der Waals surface area contributed by atoms with Crippen LogP contribution in [-0.2, 0) is 6.54 Å². The first-order valence-corrected chi connectivity index (χ1v) is 10.7. The maximum atomic E-state index is 12.5. The summed E-state index contributed by atoms with van der Waals surface area (Å²) in [6.07, 6.45) is 2.68. The lowest BCUT2D eigenvalue weighted by Crippen LogP contribution is -2.41. The summed E-state index contributed by atoms with van der Waals surface area (Å²) in [5.74, 6) is 2.50. The molecule has 1 aliphatic carbocycles. The molecule has 0 amide bonds. The highest BCUT2D eigenvalue weighted by atomic mass is 127. The first-order valence-electron chi connectivity index (χ1n) is 10.7. The van der Waals surface area contributed by atoms with Gasteiger partial charge in [-0.25, -0.2) is 4.98 Å². The van der Waals surface area contributed by atoms with Crippen molar-refractivity contribution < 1.29 is 17.9 Å². The molecule has 1 aliphatic heterocycles. The van der Waals surface area contributed by atoms with Crippen LogP contribution in [-0.4, -0.2) is 61.9 Å². The third-order valence-electron chi connectivity index (χ3n) is 5.60. The van der Waals surface area contributed by atoms with Gasteiger partial charge in [0.05, 0.1) is 13.2 Å². The highest BCUT2D eigenvalue weighted by Gasteiger charge is 2.32. The van der Waals surface area contributed by atoms with Crippen molar-refractivity contribution in [3.63, 3.8) is 0 Å². The Bertz CT molecular complexity index is 692. The molecule has 0 spiro atoms. The van der Waals surface area contributed by atoms with Crippen LogP contribution in [0.4, 0.5) is 13.2 Å². The van der Waals surface area contributed by atoms with E-state index in [1.807, 2.05) is 12.1 Å². The number of aromatic nitrogens is 1. The van der Waals surface area contributed by atoms with Crippen LogP contribution < -0.4 is 15.4 Å². The van der Waals surface area contributed by atoms with E-state index in [0.717, 1.165) is 38.0 Å². The van der Waals surface area contributed by atoms with Gasteiger partial charge in [-0.2, -0.15) is 13.2 Å². The normalized spacial score (nSPS) is 18.4. The number of ether oxygens (including phenoxy) is 1. The van der Waals surface area contributed by atoms with Crippen molar-refractivity contribution in [2.75, 3.05) is 39.8 Å². The molecule has 1 aromatic heterocycles. The molecule has 1 saturated heterocycles. The third-order valence-corrected chi connectivity index (χ3v) is 5.60. The summed E-state index contributed by atoms with van der Waals surface area (Å²) in [5.41, 5.74) is 1.07. The molecule has 1 saturated carbocycles. The number of alkyl halides is 3. The van der Waals surface area contributed by atoms with Gasteiger partial charge >= 0.3 is 6.18 Å². The fourth-order valence-corrected chi connectivity index (χ4v) is 3.61. The molecule has 0 radical (unpaired) electrons. The lowest BCUT2D eigenvalue weighted by Gasteiger charge is -2.32. The summed E-state index contributed by atoms with van der Waals surface area (Å²) in [7, 11) is 1.72. The second-order valence-corrected chi connectivity index (χ2v) is 8.23. The second-order valence-electron chi connectivity index (χ2n) is 8.23. The van der Waals surface area contributed by atoms with E-state index in [0.29, 0.717) is 43.3 Å². The molecule has 6 nitrogen and oxygen atoms in total. The van der Waals surface area contributed by atoms with Crippen LogP contribution >= 0.6 is 24.0 Å². The van der Waals surface area contributed by atoms with Crippen LogP contribution in [0, 0.1) is 11.8 Å². The number of aliphatic imine (C=N–C) groups is 1. The lowest BCUT2D eigenvalue weighted by atomic mass is 9.93. The Hall–Kier alpha value is -1.30. The minimum Gasteiger partial charge on any atom is -0.477 e. The lowest BCUT2D eigenvalue weighted by molar-refractivity contribution is -0.148. The number of halogens is 4. The first-order chi connectivity index (χ1) is 14.4. The van der Waals surface area contributed by atoms with E-state index in [9.17, 15) is 13.2 Å². The maximum absolute atomic E-state index is 12.5. The average Bonchev–Trinajstić information content (AvgIpc) is 3.54. The van der Waals surface area contributed by atoms with Crippen LogP contribution in [0.5, 0.6) is 5.88 Å². The first kappa shape index (κ1) is 26.0. The van der Waals surface area contributed by atoms with Gasteiger partial charge in [0.25, 0.3) is 0 Å². The number of piperidine rings is 1. The standard InChI is InChI=1S/C21H32F3N5O.HI/c1-25-20(27-9-4-16-6-10-29(11-7-16)15-21(22,23)24)28-13-18-5-8-26-19(12-18)30-14-17-2-3-17;/h5,8,12,16-17H,2-4,6-7,9-11,13-15H2,1H3,(H2,25,27,28);1H. The molecule has 0 bridgehead atoms. The number of hydrogen-bond donors (Lipinski definition) is 2. The number of rotatable bonds is 9. The van der Waals surface area contributed by atoms with Crippen LogP contribution in [0.1, 0.15) is 37.7 Å². The van der Waals surface area contributed by atoms with Crippen molar-refractivity contribution in [2.24, 2.45) is 16.8 Å². The van der Waals surface area contributed by atoms with Gasteiger partial charge in [-0.3, -0.25) is 9.89 Å². The van der Waals surface area contributed by atoms with Crippen molar-refractivity contribution in [1.82, 2.24) is 20.5 Å². The Morgan fingerprint density at radius 3 is 2.58 bits per heavy atom. The molecule has 2 aliphatic rings. The molecule has 1 aromatic rings. The number of hydrogen-bond acceptors (Lipinski definition) is 4. The Morgan fingerprint density at radius 2 is 1.94 bits per heavy atom. The molecular formula is C21H33F3IN5O. The van der Waals surface area contributed by atoms with Crippen molar-refractivity contribution >= 4 is 29.9 Å².